The van der Waals surface area contributed by atoms with Crippen molar-refractivity contribution < 1.29 is 34.1 Å². The van der Waals surface area contributed by atoms with E-state index in [1.165, 1.54) is 0 Å². The number of hydrogen-bond donors (Lipinski definition) is 3. The van der Waals surface area contributed by atoms with E-state index in [2.05, 4.69) is 11.9 Å². The highest BCUT2D eigenvalue weighted by molar-refractivity contribution is 6.15. The van der Waals surface area contributed by atoms with E-state index < -0.39 is 52.7 Å². The summed E-state index contributed by atoms with van der Waals surface area (Å²) < 4.78 is 5.01. The van der Waals surface area contributed by atoms with Crippen LogP contribution in [0, 0.1) is 17.8 Å². The molecule has 2 rings (SSSR count). The lowest BCUT2D eigenvalue weighted by Gasteiger charge is -2.30. The van der Waals surface area contributed by atoms with Gasteiger partial charge in [-0.3, -0.25) is 9.59 Å². The van der Waals surface area contributed by atoms with Gasteiger partial charge in [-0.2, -0.15) is 0 Å². The molecule has 0 bridgehead atoms. The lowest BCUT2D eigenvalue weighted by molar-refractivity contribution is -0.145. The van der Waals surface area contributed by atoms with Gasteiger partial charge in [-0.15, -0.1) is 0 Å². The van der Waals surface area contributed by atoms with E-state index in [9.17, 15) is 24.3 Å². The van der Waals surface area contributed by atoms with Crippen LogP contribution in [0.1, 0.15) is 20.8 Å². The molecule has 0 radical (unpaired) electrons. The Morgan fingerprint density at radius 1 is 1.27 bits per heavy atom. The Labute approximate surface area is 126 Å². The van der Waals surface area contributed by atoms with E-state index >= 15 is 0 Å². The standard InChI is InChI=1S/C14H17NO7/c1-5-9(16)6-7(10(17)18)8(6)14(5,11(19)20)15-12(21)22-13(2,3)4/h6-8H,1H2,2-4H3,(H,15,21)(H,17,18)(H,19,20)/t6-,7-,8-,14-/m0/s1. The number of Topliss-reactive ketones (excluding diaryl/α,β-unsaturated/α-hetero) is 1. The second-order valence-corrected chi connectivity index (χ2v) is 6.50. The van der Waals surface area contributed by atoms with Crippen LogP contribution in [0.3, 0.4) is 0 Å². The number of nitrogens with one attached hydrogen (secondary N) is 1. The van der Waals surface area contributed by atoms with E-state index in [0.29, 0.717) is 0 Å². The number of carboxylic acid groups (broad SMARTS) is 2. The van der Waals surface area contributed by atoms with Crippen LogP contribution in [0.5, 0.6) is 0 Å². The Balaban J connectivity index is 2.35. The van der Waals surface area contributed by atoms with E-state index in [-0.39, 0.29) is 5.57 Å². The molecule has 4 atom stereocenters. The molecule has 8 nitrogen and oxygen atoms in total. The normalized spacial score (nSPS) is 33.1. The van der Waals surface area contributed by atoms with Crippen LogP contribution in [-0.2, 0) is 19.1 Å². The van der Waals surface area contributed by atoms with Crippen molar-refractivity contribution in [1.29, 1.82) is 0 Å². The molecule has 2 fully saturated rings. The molecule has 120 valence electrons. The summed E-state index contributed by atoms with van der Waals surface area (Å²) in [5.74, 6) is -6.58. The number of carboxylic acids is 2. The predicted molar refractivity (Wildman–Crippen MR) is 72.0 cm³/mol. The van der Waals surface area contributed by atoms with Crippen molar-refractivity contribution in [2.24, 2.45) is 17.8 Å². The summed E-state index contributed by atoms with van der Waals surface area (Å²) in [6.07, 6.45) is -1.04. The zero-order valence-electron chi connectivity index (χ0n) is 12.4. The maximum absolute atomic E-state index is 12.0. The summed E-state index contributed by atoms with van der Waals surface area (Å²) in [5.41, 5.74) is -3.32. The van der Waals surface area contributed by atoms with E-state index in [1.807, 2.05) is 0 Å². The van der Waals surface area contributed by atoms with Gasteiger partial charge in [0.05, 0.1) is 5.92 Å². The number of hydrogen-bond acceptors (Lipinski definition) is 5. The number of ether oxygens (including phenoxy) is 1. The first-order chi connectivity index (χ1) is 9.93. The maximum atomic E-state index is 12.0. The SMILES string of the molecule is C=C1C(=O)[C@H]2[C@H](C(=O)O)[C@H]2[C@]1(NC(=O)OC(C)(C)C)C(=O)O. The Morgan fingerprint density at radius 3 is 2.23 bits per heavy atom. The summed E-state index contributed by atoms with van der Waals surface area (Å²) in [4.78, 5) is 46.8. The summed E-state index contributed by atoms with van der Waals surface area (Å²) >= 11 is 0. The average molecular weight is 311 g/mol. The smallest absolute Gasteiger partial charge is 0.408 e. The number of fused-ring (bicyclic) bond motifs is 1. The number of aliphatic carboxylic acids is 2. The van der Waals surface area contributed by atoms with Crippen molar-refractivity contribution in [1.82, 2.24) is 5.32 Å². The van der Waals surface area contributed by atoms with Gasteiger partial charge < -0.3 is 20.3 Å². The van der Waals surface area contributed by atoms with Crippen molar-refractivity contribution in [3.63, 3.8) is 0 Å². The molecule has 0 unspecified atom stereocenters. The van der Waals surface area contributed by atoms with Crippen molar-refractivity contribution in [2.75, 3.05) is 0 Å². The van der Waals surface area contributed by atoms with Gasteiger partial charge >= 0.3 is 18.0 Å². The van der Waals surface area contributed by atoms with E-state index in [0.717, 1.165) is 0 Å². The maximum Gasteiger partial charge on any atom is 0.408 e. The third kappa shape index (κ3) is 2.15. The zero-order valence-corrected chi connectivity index (χ0v) is 12.4. The molecule has 8 heteroatoms. The molecule has 2 saturated carbocycles. The number of rotatable bonds is 3. The molecule has 0 spiro atoms. The van der Waals surface area contributed by atoms with Crippen molar-refractivity contribution in [2.45, 2.75) is 31.9 Å². The first-order valence-electron chi connectivity index (χ1n) is 6.64. The monoisotopic (exact) mass is 311 g/mol. The molecule has 22 heavy (non-hydrogen) atoms. The van der Waals surface area contributed by atoms with Crippen LogP contribution in [0.2, 0.25) is 0 Å². The molecule has 0 aromatic heterocycles. The third-order valence-corrected chi connectivity index (χ3v) is 3.92. The summed E-state index contributed by atoms with van der Waals surface area (Å²) in [5, 5.41) is 20.8. The summed E-state index contributed by atoms with van der Waals surface area (Å²) in [7, 11) is 0. The minimum absolute atomic E-state index is 0.321. The largest absolute Gasteiger partial charge is 0.481 e. The van der Waals surface area contributed by atoms with Gasteiger partial charge in [0.2, 0.25) is 0 Å². The molecular formula is C14H17NO7. The first-order valence-corrected chi connectivity index (χ1v) is 6.64. The number of amides is 1. The highest BCUT2D eigenvalue weighted by atomic mass is 16.6. The quantitative estimate of drug-likeness (QED) is 0.644. The predicted octanol–water partition coefficient (Wildman–Crippen LogP) is 0.420. The molecule has 0 heterocycles. The van der Waals surface area contributed by atoms with Crippen LogP contribution >= 0.6 is 0 Å². The van der Waals surface area contributed by atoms with Gasteiger partial charge in [0.1, 0.15) is 5.60 Å². The van der Waals surface area contributed by atoms with Crippen LogP contribution in [0.4, 0.5) is 4.79 Å². The second kappa shape index (κ2) is 4.56. The second-order valence-electron chi connectivity index (χ2n) is 6.50. The zero-order chi connectivity index (χ0) is 17.0. The molecule has 2 aliphatic carbocycles. The minimum atomic E-state index is -2.13. The molecule has 1 amide bonds. The molecule has 3 N–H and O–H groups in total. The lowest BCUT2D eigenvalue weighted by atomic mass is 9.86. The topological polar surface area (TPSA) is 130 Å². The fourth-order valence-corrected chi connectivity index (χ4v) is 3.03. The fourth-order valence-electron chi connectivity index (χ4n) is 3.03. The minimum Gasteiger partial charge on any atom is -0.481 e. The Morgan fingerprint density at radius 2 is 1.82 bits per heavy atom. The average Bonchev–Trinajstić information content (AvgIpc) is 3.02. The first kappa shape index (κ1) is 16.0. The summed E-state index contributed by atoms with van der Waals surface area (Å²) in [6, 6.07) is 0. The van der Waals surface area contributed by atoms with Crippen molar-refractivity contribution in [3.05, 3.63) is 12.2 Å². The highest BCUT2D eigenvalue weighted by Gasteiger charge is 2.78. The van der Waals surface area contributed by atoms with E-state index in [4.69, 9.17) is 9.84 Å². The Bertz CT molecular complexity index is 603. The summed E-state index contributed by atoms with van der Waals surface area (Å²) in [6.45, 7) is 8.22. The molecule has 0 aliphatic heterocycles. The van der Waals surface area contributed by atoms with Gasteiger partial charge in [-0.1, -0.05) is 6.58 Å². The number of alkyl carbamates (subject to hydrolysis) is 1. The van der Waals surface area contributed by atoms with Gasteiger partial charge in [-0.05, 0) is 20.8 Å². The molecule has 0 saturated heterocycles. The van der Waals surface area contributed by atoms with Gasteiger partial charge in [0, 0.05) is 17.4 Å². The highest BCUT2D eigenvalue weighted by Crippen LogP contribution is 2.62. The molecule has 2 aliphatic rings. The Hall–Kier alpha value is -2.38. The van der Waals surface area contributed by atoms with E-state index in [1.54, 1.807) is 20.8 Å². The van der Waals surface area contributed by atoms with Gasteiger partial charge in [0.25, 0.3) is 0 Å². The number of ketones is 1. The molecule has 0 aromatic rings. The van der Waals surface area contributed by atoms with Crippen LogP contribution in [0.25, 0.3) is 0 Å². The Kier molecular flexibility index (Phi) is 3.31. The van der Waals surface area contributed by atoms with Crippen molar-refractivity contribution >= 4 is 23.8 Å². The third-order valence-electron chi connectivity index (χ3n) is 3.92. The molecule has 0 aromatic carbocycles. The van der Waals surface area contributed by atoms with Crippen molar-refractivity contribution in [3.8, 4) is 0 Å². The van der Waals surface area contributed by atoms with Gasteiger partial charge in [-0.25, -0.2) is 9.59 Å². The number of carbonyl (C=O) groups excluding carboxylic acids is 2. The lowest BCUT2D eigenvalue weighted by Crippen LogP contribution is -2.58. The molecular weight excluding hydrogens is 294 g/mol. The van der Waals surface area contributed by atoms with Crippen LogP contribution < -0.4 is 5.32 Å². The van der Waals surface area contributed by atoms with Crippen LogP contribution in [0.15, 0.2) is 12.2 Å². The van der Waals surface area contributed by atoms with Gasteiger partial charge in [0.15, 0.2) is 11.3 Å². The fraction of sp³-hybridized carbons (Fsp3) is 0.571. The number of carbonyl (C=O) groups is 4. The van der Waals surface area contributed by atoms with Crippen LogP contribution in [-0.4, -0.2) is 45.2 Å².